The van der Waals surface area contributed by atoms with E-state index >= 15 is 0 Å². The molecule has 0 amide bonds. The van der Waals surface area contributed by atoms with E-state index in [1.807, 2.05) is 7.05 Å². The van der Waals surface area contributed by atoms with Gasteiger partial charge in [0.05, 0.1) is 12.6 Å². The highest BCUT2D eigenvalue weighted by Gasteiger charge is 2.30. The van der Waals surface area contributed by atoms with Gasteiger partial charge in [-0.1, -0.05) is 11.8 Å². The van der Waals surface area contributed by atoms with Crippen LogP contribution in [0.2, 0.25) is 0 Å². The molecule has 0 spiro atoms. The first kappa shape index (κ1) is 10.1. The molecule has 0 aliphatic carbocycles. The van der Waals surface area contributed by atoms with Gasteiger partial charge in [-0.3, -0.25) is 5.01 Å². The van der Waals surface area contributed by atoms with Crippen molar-refractivity contribution in [3.8, 4) is 0 Å². The molecule has 0 aromatic rings. The molecule has 1 heterocycles. The first-order chi connectivity index (χ1) is 6.29. The summed E-state index contributed by atoms with van der Waals surface area (Å²) in [6.07, 6.45) is 2.10. The second-order valence-corrected chi connectivity index (χ2v) is 2.91. The Kier molecular flexibility index (Phi) is 3.85. The number of nitrogens with zero attached hydrogens (tertiary/aromatic N) is 3. The standard InChI is InChI=1S/C8H15N3O2/c1-3-9-10-11(2)7-4-5-13-8(7)6-12/h3,7-8,12H,1,4-6H2,2H3/b10-9-/t7-,8+/m0/s1. The molecule has 1 saturated heterocycles. The Bertz CT molecular complexity index is 196. The molecule has 0 aromatic heterocycles. The van der Waals surface area contributed by atoms with Crippen molar-refractivity contribution in [1.29, 1.82) is 0 Å². The average Bonchev–Trinajstić information content (AvgIpc) is 2.61. The molecule has 13 heavy (non-hydrogen) atoms. The molecule has 5 heteroatoms. The topological polar surface area (TPSA) is 57.4 Å². The summed E-state index contributed by atoms with van der Waals surface area (Å²) < 4.78 is 5.30. The van der Waals surface area contributed by atoms with E-state index in [0.29, 0.717) is 6.61 Å². The first-order valence-electron chi connectivity index (χ1n) is 4.26. The number of rotatable bonds is 4. The van der Waals surface area contributed by atoms with Gasteiger partial charge in [-0.2, -0.15) is 0 Å². The third kappa shape index (κ3) is 2.50. The minimum atomic E-state index is -0.145. The smallest absolute Gasteiger partial charge is 0.103 e. The zero-order valence-electron chi connectivity index (χ0n) is 7.76. The van der Waals surface area contributed by atoms with Crippen LogP contribution in [0.1, 0.15) is 6.42 Å². The van der Waals surface area contributed by atoms with Crippen molar-refractivity contribution in [2.75, 3.05) is 20.3 Å². The molecular formula is C8H15N3O2. The van der Waals surface area contributed by atoms with Gasteiger partial charge in [0.15, 0.2) is 0 Å². The minimum absolute atomic E-state index is 0.0264. The fraction of sp³-hybridized carbons (Fsp3) is 0.750. The van der Waals surface area contributed by atoms with E-state index in [4.69, 9.17) is 9.84 Å². The molecule has 0 aromatic carbocycles. The first-order valence-corrected chi connectivity index (χ1v) is 4.26. The minimum Gasteiger partial charge on any atom is -0.394 e. The van der Waals surface area contributed by atoms with Crippen molar-refractivity contribution >= 4 is 0 Å². The van der Waals surface area contributed by atoms with Crippen LogP contribution in [-0.2, 0) is 4.74 Å². The quantitative estimate of drug-likeness (QED) is 0.515. The Morgan fingerprint density at radius 2 is 2.54 bits per heavy atom. The predicted octanol–water partition coefficient (Wildman–Crippen LogP) is 0.579. The number of hydrogen-bond acceptors (Lipinski definition) is 4. The van der Waals surface area contributed by atoms with Gasteiger partial charge in [0, 0.05) is 19.9 Å². The highest BCUT2D eigenvalue weighted by Crippen LogP contribution is 2.18. The maximum Gasteiger partial charge on any atom is 0.103 e. The van der Waals surface area contributed by atoms with Gasteiger partial charge in [0.25, 0.3) is 0 Å². The molecule has 5 nitrogen and oxygen atoms in total. The van der Waals surface area contributed by atoms with E-state index in [-0.39, 0.29) is 18.8 Å². The zero-order chi connectivity index (χ0) is 9.68. The number of likely N-dealkylation sites (N-methyl/N-ethyl adjacent to an activating group) is 1. The van der Waals surface area contributed by atoms with Gasteiger partial charge < -0.3 is 9.84 Å². The Morgan fingerprint density at radius 3 is 3.15 bits per heavy atom. The summed E-state index contributed by atoms with van der Waals surface area (Å²) in [7, 11) is 1.81. The van der Waals surface area contributed by atoms with Crippen LogP contribution in [0.3, 0.4) is 0 Å². The lowest BCUT2D eigenvalue weighted by atomic mass is 10.1. The van der Waals surface area contributed by atoms with Crippen LogP contribution in [0.4, 0.5) is 0 Å². The lowest BCUT2D eigenvalue weighted by Gasteiger charge is -2.23. The molecule has 0 radical (unpaired) electrons. The van der Waals surface area contributed by atoms with E-state index in [1.54, 1.807) is 5.01 Å². The van der Waals surface area contributed by atoms with Crippen molar-refractivity contribution in [3.05, 3.63) is 12.8 Å². The van der Waals surface area contributed by atoms with E-state index < -0.39 is 0 Å². The van der Waals surface area contributed by atoms with Gasteiger partial charge in [0.1, 0.15) is 6.10 Å². The molecule has 0 unspecified atom stereocenters. The van der Waals surface area contributed by atoms with Gasteiger partial charge in [-0.25, -0.2) is 0 Å². The average molecular weight is 185 g/mol. The fourth-order valence-corrected chi connectivity index (χ4v) is 1.42. The van der Waals surface area contributed by atoms with Crippen LogP contribution >= 0.6 is 0 Å². The van der Waals surface area contributed by atoms with E-state index in [9.17, 15) is 0 Å². The molecule has 2 atom stereocenters. The fourth-order valence-electron chi connectivity index (χ4n) is 1.42. The predicted molar refractivity (Wildman–Crippen MR) is 48.0 cm³/mol. The SMILES string of the molecule is C=C/N=N\N(C)[C@H]1CCO[C@@H]1CO. The summed E-state index contributed by atoms with van der Waals surface area (Å²) in [4.78, 5) is 0. The monoisotopic (exact) mass is 185 g/mol. The summed E-state index contributed by atoms with van der Waals surface area (Å²) in [6, 6.07) is 0.119. The van der Waals surface area contributed by atoms with Crippen LogP contribution in [0.25, 0.3) is 0 Å². The number of hydrogen-bond donors (Lipinski definition) is 1. The molecule has 1 aliphatic rings. The molecule has 0 saturated carbocycles. The van der Waals surface area contributed by atoms with Crippen molar-refractivity contribution in [3.63, 3.8) is 0 Å². The molecule has 1 rings (SSSR count). The summed E-state index contributed by atoms with van der Waals surface area (Å²) in [6.45, 7) is 4.13. The lowest BCUT2D eigenvalue weighted by Crippen LogP contribution is -2.36. The van der Waals surface area contributed by atoms with Crippen molar-refractivity contribution in [1.82, 2.24) is 5.01 Å². The molecular weight excluding hydrogens is 170 g/mol. The van der Waals surface area contributed by atoms with E-state index in [1.165, 1.54) is 6.20 Å². The third-order valence-corrected chi connectivity index (χ3v) is 2.11. The van der Waals surface area contributed by atoms with Crippen molar-refractivity contribution < 1.29 is 9.84 Å². The lowest BCUT2D eigenvalue weighted by molar-refractivity contribution is 0.0243. The molecule has 1 fully saturated rings. The number of ether oxygens (including phenoxy) is 1. The van der Waals surface area contributed by atoms with Crippen LogP contribution in [0, 0.1) is 0 Å². The zero-order valence-corrected chi connectivity index (χ0v) is 7.76. The van der Waals surface area contributed by atoms with E-state index in [2.05, 4.69) is 16.9 Å². The highest BCUT2D eigenvalue weighted by molar-refractivity contribution is 4.81. The number of aliphatic hydroxyl groups excluding tert-OH is 1. The Labute approximate surface area is 77.7 Å². The molecule has 1 aliphatic heterocycles. The summed E-state index contributed by atoms with van der Waals surface area (Å²) in [5.74, 6) is 0. The van der Waals surface area contributed by atoms with Crippen LogP contribution in [0.5, 0.6) is 0 Å². The van der Waals surface area contributed by atoms with Crippen LogP contribution in [0.15, 0.2) is 23.1 Å². The van der Waals surface area contributed by atoms with Crippen LogP contribution in [-0.4, -0.2) is 42.5 Å². The number of aliphatic hydroxyl groups is 1. The van der Waals surface area contributed by atoms with Crippen molar-refractivity contribution in [2.45, 2.75) is 18.6 Å². The van der Waals surface area contributed by atoms with Gasteiger partial charge in [-0.05, 0) is 6.42 Å². The third-order valence-electron chi connectivity index (χ3n) is 2.11. The maximum atomic E-state index is 8.97. The Morgan fingerprint density at radius 1 is 1.77 bits per heavy atom. The second-order valence-electron chi connectivity index (χ2n) is 2.91. The molecule has 74 valence electrons. The largest absolute Gasteiger partial charge is 0.394 e. The molecule has 1 N–H and O–H groups in total. The Balaban J connectivity index is 2.49. The van der Waals surface area contributed by atoms with Gasteiger partial charge in [0.2, 0.25) is 0 Å². The highest BCUT2D eigenvalue weighted by atomic mass is 16.5. The summed E-state index contributed by atoms with van der Waals surface area (Å²) in [5.41, 5.74) is 0. The van der Waals surface area contributed by atoms with Crippen molar-refractivity contribution in [2.24, 2.45) is 10.3 Å². The van der Waals surface area contributed by atoms with Crippen LogP contribution < -0.4 is 0 Å². The summed E-state index contributed by atoms with van der Waals surface area (Å²) >= 11 is 0. The maximum absolute atomic E-state index is 8.97. The van der Waals surface area contributed by atoms with Gasteiger partial charge in [-0.15, -0.1) is 5.11 Å². The van der Waals surface area contributed by atoms with Gasteiger partial charge >= 0.3 is 0 Å². The Hall–Kier alpha value is -0.940. The molecule has 0 bridgehead atoms. The summed E-state index contributed by atoms with van der Waals surface area (Å²) in [5, 5.41) is 18.2. The normalized spacial score (nSPS) is 28.2. The second kappa shape index (κ2) is 4.94. The van der Waals surface area contributed by atoms with E-state index in [0.717, 1.165) is 6.42 Å².